The van der Waals surface area contributed by atoms with Crippen molar-refractivity contribution in [2.45, 2.75) is 155 Å². The number of amides is 7. The number of carbonyl (C=O) groups is 10. The molecule has 0 aliphatic heterocycles. The van der Waals surface area contributed by atoms with Gasteiger partial charge in [0.15, 0.2) is 1.41 Å². The van der Waals surface area contributed by atoms with Crippen molar-refractivity contribution in [3.05, 3.63) is 83.7 Å². The van der Waals surface area contributed by atoms with E-state index >= 15 is 4.39 Å². The van der Waals surface area contributed by atoms with E-state index in [9.17, 15) is 62.5 Å². The number of hydrogen-bond donors (Lipinski definition) is 10. The number of nitrogens with two attached hydrogens (primary N) is 2. The molecule has 440 valence electrons. The van der Waals surface area contributed by atoms with E-state index in [4.69, 9.17) is 22.7 Å². The molecule has 0 saturated carbocycles. The molecule has 3 aromatic rings. The molecule has 0 radical (unpaired) electrons. The van der Waals surface area contributed by atoms with Crippen LogP contribution in [0.15, 0.2) is 60.8 Å². The van der Waals surface area contributed by atoms with Crippen LogP contribution >= 0.6 is 0 Å². The van der Waals surface area contributed by atoms with Gasteiger partial charge in [-0.2, -0.15) is 0 Å². The molecule has 0 unspecified atom stereocenters. The first kappa shape index (κ1) is 64.7. The molecule has 0 bridgehead atoms. The van der Waals surface area contributed by atoms with Crippen LogP contribution in [0, 0.1) is 17.0 Å². The zero-order chi connectivity index (χ0) is 60.8. The number of aliphatic carboxylic acids is 2. The first-order valence-electron chi connectivity index (χ1n) is 26.6. The van der Waals surface area contributed by atoms with Crippen LogP contribution in [0.3, 0.4) is 0 Å². The van der Waals surface area contributed by atoms with Gasteiger partial charge in [0.2, 0.25) is 41.4 Å². The predicted molar refractivity (Wildman–Crippen MR) is 287 cm³/mol. The Bertz CT molecular complexity index is 2680. The molecule has 2 aromatic carbocycles. The highest BCUT2D eigenvalue weighted by molar-refractivity contribution is 5.95. The maximum atomic E-state index is 15.4. The van der Waals surface area contributed by atoms with Crippen LogP contribution in [-0.4, -0.2) is 140 Å². The zero-order valence-corrected chi connectivity index (χ0v) is 46.1. The number of primary amides is 1. The van der Waals surface area contributed by atoms with Crippen LogP contribution in [-0.2, 0) is 59.2 Å². The summed E-state index contributed by atoms with van der Waals surface area (Å²) in [5.74, 6) is -11.8. The second-order valence-corrected chi connectivity index (χ2v) is 21.2. The fourth-order valence-electron chi connectivity index (χ4n) is 8.54. The van der Waals surface area contributed by atoms with E-state index in [0.29, 0.717) is 25.1 Å². The van der Waals surface area contributed by atoms with E-state index in [2.05, 4.69) is 21.3 Å². The molecule has 5 atom stereocenters. The Labute approximate surface area is 464 Å². The molecule has 80 heavy (non-hydrogen) atoms. The maximum Gasteiger partial charge on any atom is 0.329 e. The number of aliphatic hydroxyl groups excluding tert-OH is 1. The summed E-state index contributed by atoms with van der Waals surface area (Å²) in [4.78, 5) is 131. The average Bonchev–Trinajstić information content (AvgIpc) is 3.83. The maximum absolute atomic E-state index is 15.4. The first-order valence-corrected chi connectivity index (χ1v) is 26.2. The third-order valence-electron chi connectivity index (χ3n) is 12.2. The van der Waals surface area contributed by atoms with Crippen LogP contribution in [0.2, 0.25) is 1.41 Å². The number of carboxylic acid groups (broad SMARTS) is 2. The minimum absolute atomic E-state index is 0.103. The van der Waals surface area contributed by atoms with Crippen molar-refractivity contribution < 1.29 is 78.2 Å². The quantitative estimate of drug-likeness (QED) is 0.0310. The Morgan fingerprint density at radius 2 is 1.36 bits per heavy atom. The summed E-state index contributed by atoms with van der Waals surface area (Å²) in [5, 5.41) is 38.9. The summed E-state index contributed by atoms with van der Waals surface area (Å²) in [6.45, 7) is 8.46. The highest BCUT2D eigenvalue weighted by Gasteiger charge is 2.39. The number of esters is 1. The second-order valence-electron chi connectivity index (χ2n) is 21.2. The largest absolute Gasteiger partial charge is 0.481 e. The topological polar surface area (TPSA) is 361 Å². The van der Waals surface area contributed by atoms with Crippen molar-refractivity contribution in [1.29, 1.82) is 0 Å². The lowest BCUT2D eigenvalue weighted by Crippen LogP contribution is -2.56. The first-order chi connectivity index (χ1) is 37.9. The molecular weight excluding hydrogens is 1050 g/mol. The Morgan fingerprint density at radius 3 is 1.94 bits per heavy atom. The molecule has 0 fully saturated rings. The number of nitrogens with zero attached hydrogens (tertiary/aromatic N) is 2. The summed E-state index contributed by atoms with van der Waals surface area (Å²) < 4.78 is 45.9. The highest BCUT2D eigenvalue weighted by atomic mass is 19.1. The molecule has 0 aliphatic carbocycles. The van der Waals surface area contributed by atoms with Crippen molar-refractivity contribution in [3.63, 3.8) is 0 Å². The van der Waals surface area contributed by atoms with Gasteiger partial charge in [-0.25, -0.2) is 18.4 Å². The number of benzene rings is 2. The number of nitrogens with one attached hydrogen (secondary N) is 5. The third-order valence-corrected chi connectivity index (χ3v) is 12.2. The molecule has 0 saturated heterocycles. The minimum atomic E-state index is -1.83. The third kappa shape index (κ3) is 22.9. The fraction of sp³-hybridized carbons (Fsp3) is 0.527. The second kappa shape index (κ2) is 31.7. The summed E-state index contributed by atoms with van der Waals surface area (Å²) >= 11 is 0. The Morgan fingerprint density at radius 1 is 0.738 bits per heavy atom. The normalized spacial score (nSPS) is 13.5. The van der Waals surface area contributed by atoms with Crippen LogP contribution in [0.1, 0.15) is 129 Å². The number of carboxylic acids is 2. The van der Waals surface area contributed by atoms with Crippen molar-refractivity contribution in [2.75, 3.05) is 26.2 Å². The van der Waals surface area contributed by atoms with E-state index in [1.165, 1.54) is 4.90 Å². The van der Waals surface area contributed by atoms with Gasteiger partial charge in [0, 0.05) is 68.3 Å². The standard InChI is InChI=1S/C55H77F2N9O14/c1-54(2,3)49(42-27-34(36-28-35(56)18-19-37(36)57)31-65(42)30-33-13-8-7-9-14-33)66(47(72)32-67)26-23-38(50(75)60-25-22-46(71)61-39(52(77)78)20-21-48(73)74)64-51(76)41(29-43(59)68)63-45(70)17-12-16-44(69)62-40(15-10-11-24-58)53(79)80-55(4,5)6/h7-9,13-14,18-19,27-28,31,38-41,49,67H,10-12,15-17,20-26,29-30,32,58H2,1-6H3,(H2,59,68)(H,60,75)(H,61,71)(H,62,69)(H,63,70)(H,64,76)(H,73,74)(H,77,78)/t38-,39-,40-,41-,49-/m0/s1/i/hD. The number of carbonyl (C=O) groups excluding carboxylic acids is 8. The molecule has 25 heteroatoms. The van der Waals surface area contributed by atoms with Crippen LogP contribution in [0.25, 0.3) is 11.1 Å². The van der Waals surface area contributed by atoms with E-state index < -0.39 is 170 Å². The van der Waals surface area contributed by atoms with E-state index in [1.54, 1.807) is 76.6 Å². The molecule has 0 spiro atoms. The number of ether oxygens (including phenoxy) is 1. The van der Waals surface area contributed by atoms with Gasteiger partial charge in [-0.15, -0.1) is 0 Å². The van der Waals surface area contributed by atoms with Crippen molar-refractivity contribution >= 4 is 59.3 Å². The minimum Gasteiger partial charge on any atom is -0.481 e. The fourth-order valence-corrected chi connectivity index (χ4v) is 8.54. The lowest BCUT2D eigenvalue weighted by atomic mass is 9.82. The number of unbranched alkanes of at least 4 members (excludes halogenated alkanes) is 1. The Hall–Kier alpha value is -7.80. The van der Waals surface area contributed by atoms with Gasteiger partial charge in [0.25, 0.3) is 0 Å². The molecule has 7 amide bonds. The van der Waals surface area contributed by atoms with Gasteiger partial charge in [0.1, 0.15) is 48.0 Å². The van der Waals surface area contributed by atoms with Crippen LogP contribution in [0.4, 0.5) is 8.78 Å². The zero-order valence-electron chi connectivity index (χ0n) is 47.1. The molecule has 1 aromatic heterocycles. The molecule has 12 N–H and O–H groups in total. The average molecular weight is 1130 g/mol. The Balaban J connectivity index is 2.02. The number of aromatic nitrogens is 1. The molecule has 0 aliphatic rings. The summed E-state index contributed by atoms with van der Waals surface area (Å²) in [6.07, 6.45) is -1.06. The number of aliphatic hydroxyl groups is 1. The van der Waals surface area contributed by atoms with E-state index in [0.717, 1.165) is 23.8 Å². The summed E-state index contributed by atoms with van der Waals surface area (Å²) in [7, 11) is 0. The van der Waals surface area contributed by atoms with E-state index in [1.807, 2.05) is 12.1 Å². The lowest BCUT2D eigenvalue weighted by molar-refractivity contribution is -0.159. The van der Waals surface area contributed by atoms with Gasteiger partial charge < -0.3 is 67.6 Å². The number of halogens is 2. The summed E-state index contributed by atoms with van der Waals surface area (Å²) in [5.41, 5.74) is 10.5. The van der Waals surface area contributed by atoms with E-state index in [-0.39, 0.29) is 42.2 Å². The lowest BCUT2D eigenvalue weighted by Gasteiger charge is -2.41. The number of hydrogen-bond acceptors (Lipinski definition) is 13. The number of rotatable bonds is 33. The SMILES string of the molecule is [2H]N(CCC(=O)N[C@@H](CCC(=O)O)C(=O)O)C(=O)[C@H](CCN(C(=O)CO)[C@@H](c1cc(-c2cc(F)ccc2F)cn1Cc1ccccc1)C(C)(C)C)NC(=O)[C@H](CC(N)=O)NC(=O)CCCC(=O)N[C@@H](CCCCN)C(=O)OC(C)(C)C. The smallest absolute Gasteiger partial charge is 0.329 e. The van der Waals surface area contributed by atoms with Crippen LogP contribution in [0.5, 0.6) is 0 Å². The van der Waals surface area contributed by atoms with Gasteiger partial charge in [-0.1, -0.05) is 51.1 Å². The monoisotopic (exact) mass is 1130 g/mol. The van der Waals surface area contributed by atoms with Crippen molar-refractivity contribution in [2.24, 2.45) is 16.9 Å². The van der Waals surface area contributed by atoms with Crippen LogP contribution < -0.4 is 38.0 Å². The molecule has 23 nitrogen and oxygen atoms in total. The predicted octanol–water partition coefficient (Wildman–Crippen LogP) is 2.69. The molecule has 3 rings (SSSR count). The van der Waals surface area contributed by atoms with Crippen molar-refractivity contribution in [3.8, 4) is 11.1 Å². The Kier molecular flexibility index (Phi) is 25.7. The molecule has 1 heterocycles. The molecular formula is C55H77F2N9O14. The van der Waals surface area contributed by atoms with Gasteiger partial charge in [-0.3, -0.25) is 38.4 Å². The summed E-state index contributed by atoms with van der Waals surface area (Å²) in [6, 6.07) is 6.19. The van der Waals surface area contributed by atoms with Gasteiger partial charge in [-0.05, 0) is 101 Å². The van der Waals surface area contributed by atoms with Gasteiger partial charge >= 0.3 is 17.9 Å². The van der Waals surface area contributed by atoms with Gasteiger partial charge in [0.05, 0.1) is 12.5 Å². The highest BCUT2D eigenvalue weighted by Crippen LogP contribution is 2.41. The van der Waals surface area contributed by atoms with Crippen molar-refractivity contribution in [1.82, 2.24) is 36.0 Å².